The Kier molecular flexibility index (Phi) is 5.73. The molecule has 0 bridgehead atoms. The van der Waals surface area contributed by atoms with Crippen LogP contribution in [0.5, 0.6) is 5.75 Å². The first-order valence-electron chi connectivity index (χ1n) is 5.95. The van der Waals surface area contributed by atoms with Gasteiger partial charge in [0.2, 0.25) is 0 Å². The molecule has 4 heteroatoms. The molecule has 0 aliphatic carbocycles. The Morgan fingerprint density at radius 3 is 2.65 bits per heavy atom. The van der Waals surface area contributed by atoms with Gasteiger partial charge >= 0.3 is 0 Å². The molecule has 0 atom stereocenters. The molecule has 0 radical (unpaired) electrons. The Balaban J connectivity index is 2.52. The highest BCUT2D eigenvalue weighted by atomic mass is 19.3. The summed E-state index contributed by atoms with van der Waals surface area (Å²) < 4.78 is 30.8. The molecule has 0 aliphatic rings. The van der Waals surface area contributed by atoms with E-state index >= 15 is 0 Å². The number of nitrogens with two attached hydrogens (primary N) is 1. The van der Waals surface area contributed by atoms with Crippen LogP contribution in [0.3, 0.4) is 0 Å². The molecule has 2 N–H and O–H groups in total. The zero-order chi connectivity index (χ0) is 12.7. The molecule has 1 aromatic rings. The molecular weight excluding hydrogens is 224 g/mol. The second-order valence-electron chi connectivity index (χ2n) is 4.01. The number of alkyl halides is 2. The minimum atomic E-state index is -2.55. The molecule has 0 aliphatic heterocycles. The fourth-order valence-electron chi connectivity index (χ4n) is 1.58. The lowest BCUT2D eigenvalue weighted by Crippen LogP contribution is -2.01. The average Bonchev–Trinajstić information content (AvgIpc) is 2.30. The van der Waals surface area contributed by atoms with Gasteiger partial charge in [-0.05, 0) is 24.6 Å². The minimum absolute atomic E-state index is 0.125. The summed E-state index contributed by atoms with van der Waals surface area (Å²) >= 11 is 0. The maximum atomic E-state index is 12.7. The van der Waals surface area contributed by atoms with Crippen molar-refractivity contribution in [2.45, 2.75) is 39.0 Å². The Bertz CT molecular complexity index is 342. The lowest BCUT2D eigenvalue weighted by molar-refractivity contribution is 0.145. The van der Waals surface area contributed by atoms with Crippen LogP contribution in [0.25, 0.3) is 0 Å². The van der Waals surface area contributed by atoms with Gasteiger partial charge in [0.1, 0.15) is 5.75 Å². The predicted molar refractivity (Wildman–Crippen MR) is 65.4 cm³/mol. The maximum absolute atomic E-state index is 12.7. The van der Waals surface area contributed by atoms with Crippen LogP contribution in [-0.2, 0) is 0 Å². The molecule has 0 unspecified atom stereocenters. The van der Waals surface area contributed by atoms with Gasteiger partial charge in [-0.15, -0.1) is 0 Å². The summed E-state index contributed by atoms with van der Waals surface area (Å²) in [4.78, 5) is 0. The predicted octanol–water partition coefficient (Wildman–Crippen LogP) is 4.17. The van der Waals surface area contributed by atoms with Crippen molar-refractivity contribution in [1.82, 2.24) is 0 Å². The van der Waals surface area contributed by atoms with Crippen LogP contribution >= 0.6 is 0 Å². The Morgan fingerprint density at radius 1 is 1.24 bits per heavy atom. The summed E-state index contributed by atoms with van der Waals surface area (Å²) in [6.45, 7) is 2.60. The number of hydrogen-bond donors (Lipinski definition) is 1. The third-order valence-electron chi connectivity index (χ3n) is 2.52. The Morgan fingerprint density at radius 2 is 2.00 bits per heavy atom. The largest absolute Gasteiger partial charge is 0.493 e. The quantitative estimate of drug-likeness (QED) is 0.576. The SMILES string of the molecule is CCCCCCOc1ccc(N)cc1C(F)F. The van der Waals surface area contributed by atoms with Gasteiger partial charge in [0.05, 0.1) is 12.2 Å². The molecule has 96 valence electrons. The number of rotatable bonds is 7. The van der Waals surface area contributed by atoms with Gasteiger partial charge in [0.25, 0.3) is 6.43 Å². The fraction of sp³-hybridized carbons (Fsp3) is 0.538. The highest BCUT2D eigenvalue weighted by Crippen LogP contribution is 2.30. The number of nitrogen functional groups attached to an aromatic ring is 1. The summed E-state index contributed by atoms with van der Waals surface area (Å²) in [5.74, 6) is 0.241. The summed E-state index contributed by atoms with van der Waals surface area (Å²) in [5.41, 5.74) is 5.68. The smallest absolute Gasteiger partial charge is 0.267 e. The summed E-state index contributed by atoms with van der Waals surface area (Å²) in [6.07, 6.45) is 1.69. The van der Waals surface area contributed by atoms with E-state index in [1.54, 1.807) is 6.07 Å². The maximum Gasteiger partial charge on any atom is 0.267 e. The molecule has 0 spiro atoms. The van der Waals surface area contributed by atoms with E-state index in [0.29, 0.717) is 12.3 Å². The van der Waals surface area contributed by atoms with Crippen LogP contribution in [-0.4, -0.2) is 6.61 Å². The molecule has 0 saturated heterocycles. The average molecular weight is 243 g/mol. The number of anilines is 1. The summed E-state index contributed by atoms with van der Waals surface area (Å²) in [5, 5.41) is 0. The third kappa shape index (κ3) is 4.59. The van der Waals surface area contributed by atoms with Gasteiger partial charge in [-0.1, -0.05) is 26.2 Å². The topological polar surface area (TPSA) is 35.2 Å². The monoisotopic (exact) mass is 243 g/mol. The van der Waals surface area contributed by atoms with E-state index in [-0.39, 0.29) is 11.3 Å². The molecule has 1 rings (SSSR count). The van der Waals surface area contributed by atoms with E-state index in [9.17, 15) is 8.78 Å². The van der Waals surface area contributed by atoms with Crippen molar-refractivity contribution in [3.05, 3.63) is 23.8 Å². The third-order valence-corrected chi connectivity index (χ3v) is 2.52. The van der Waals surface area contributed by atoms with Crippen molar-refractivity contribution in [3.8, 4) is 5.75 Å². The highest BCUT2D eigenvalue weighted by molar-refractivity contribution is 5.48. The van der Waals surface area contributed by atoms with Crippen molar-refractivity contribution in [2.75, 3.05) is 12.3 Å². The van der Waals surface area contributed by atoms with Crippen molar-refractivity contribution in [3.63, 3.8) is 0 Å². The highest BCUT2D eigenvalue weighted by Gasteiger charge is 2.14. The van der Waals surface area contributed by atoms with Gasteiger partial charge in [0, 0.05) is 5.69 Å². The zero-order valence-electron chi connectivity index (χ0n) is 10.1. The number of ether oxygens (including phenoxy) is 1. The standard InChI is InChI=1S/C13H19F2NO/c1-2-3-4-5-8-17-12-7-6-10(16)9-11(12)13(14)15/h6-7,9,13H,2-5,8,16H2,1H3. The minimum Gasteiger partial charge on any atom is -0.493 e. The van der Waals surface area contributed by atoms with E-state index < -0.39 is 6.43 Å². The number of hydrogen-bond acceptors (Lipinski definition) is 2. The molecule has 0 heterocycles. The summed E-state index contributed by atoms with van der Waals surface area (Å²) in [6, 6.07) is 4.36. The molecule has 0 saturated carbocycles. The molecule has 1 aromatic carbocycles. The molecule has 2 nitrogen and oxygen atoms in total. The van der Waals surface area contributed by atoms with Crippen LogP contribution in [0.15, 0.2) is 18.2 Å². The van der Waals surface area contributed by atoms with Crippen LogP contribution in [0.4, 0.5) is 14.5 Å². The number of benzene rings is 1. The Labute approximate surface area is 101 Å². The van der Waals surface area contributed by atoms with Gasteiger partial charge in [-0.25, -0.2) is 8.78 Å². The molecule has 17 heavy (non-hydrogen) atoms. The number of halogens is 2. The van der Waals surface area contributed by atoms with Crippen molar-refractivity contribution in [2.24, 2.45) is 0 Å². The molecule has 0 fully saturated rings. The summed E-state index contributed by atoms with van der Waals surface area (Å²) in [7, 11) is 0. The lowest BCUT2D eigenvalue weighted by Gasteiger charge is -2.11. The van der Waals surface area contributed by atoms with E-state index in [4.69, 9.17) is 10.5 Å². The van der Waals surface area contributed by atoms with Crippen molar-refractivity contribution in [1.29, 1.82) is 0 Å². The van der Waals surface area contributed by atoms with Gasteiger partial charge < -0.3 is 10.5 Å². The van der Waals surface area contributed by atoms with Crippen LogP contribution in [0.1, 0.15) is 44.6 Å². The first-order valence-corrected chi connectivity index (χ1v) is 5.95. The zero-order valence-corrected chi connectivity index (χ0v) is 10.1. The second kappa shape index (κ2) is 7.09. The van der Waals surface area contributed by atoms with Crippen LogP contribution in [0, 0.1) is 0 Å². The van der Waals surface area contributed by atoms with E-state index in [0.717, 1.165) is 25.7 Å². The van der Waals surface area contributed by atoms with E-state index in [1.165, 1.54) is 12.1 Å². The molecular formula is C13H19F2NO. The van der Waals surface area contributed by atoms with Gasteiger partial charge in [0.15, 0.2) is 0 Å². The first kappa shape index (κ1) is 13.7. The molecule has 0 amide bonds. The number of unbranched alkanes of at least 4 members (excludes halogenated alkanes) is 3. The Hall–Kier alpha value is -1.32. The van der Waals surface area contributed by atoms with Crippen molar-refractivity contribution < 1.29 is 13.5 Å². The van der Waals surface area contributed by atoms with Crippen LogP contribution in [0.2, 0.25) is 0 Å². The van der Waals surface area contributed by atoms with Gasteiger partial charge in [-0.3, -0.25) is 0 Å². The first-order chi connectivity index (χ1) is 8.15. The molecule has 0 aromatic heterocycles. The lowest BCUT2D eigenvalue weighted by atomic mass is 10.2. The van der Waals surface area contributed by atoms with E-state index in [1.807, 2.05) is 0 Å². The second-order valence-corrected chi connectivity index (χ2v) is 4.01. The van der Waals surface area contributed by atoms with Crippen LogP contribution < -0.4 is 10.5 Å². The fourth-order valence-corrected chi connectivity index (χ4v) is 1.58. The normalized spacial score (nSPS) is 10.8. The van der Waals surface area contributed by atoms with Crippen molar-refractivity contribution >= 4 is 5.69 Å². The van der Waals surface area contributed by atoms with E-state index in [2.05, 4.69) is 6.92 Å². The van der Waals surface area contributed by atoms with Gasteiger partial charge in [-0.2, -0.15) is 0 Å².